The summed E-state index contributed by atoms with van der Waals surface area (Å²) in [6, 6.07) is 2.00. The second-order valence-corrected chi connectivity index (χ2v) is 7.16. The fourth-order valence-corrected chi connectivity index (χ4v) is 4.15. The van der Waals surface area contributed by atoms with Gasteiger partial charge >= 0.3 is 0 Å². The van der Waals surface area contributed by atoms with Crippen LogP contribution in [-0.2, 0) is 17.1 Å². The van der Waals surface area contributed by atoms with Crippen LogP contribution in [0.15, 0.2) is 4.90 Å². The van der Waals surface area contributed by atoms with Crippen LogP contribution in [0.4, 0.5) is 0 Å². The summed E-state index contributed by atoms with van der Waals surface area (Å²) in [5.74, 6) is 0.195. The standard InChI is InChI=1S/C13H22N4O2S/c1-10(2)9-17(8-6-7-14)20(18,19)13-11(3)15-16(5)12(13)4/h10H,6,8-9H2,1-5H3. The van der Waals surface area contributed by atoms with Crippen LogP contribution in [0, 0.1) is 31.1 Å². The zero-order valence-corrected chi connectivity index (χ0v) is 13.5. The lowest BCUT2D eigenvalue weighted by molar-refractivity contribution is 0.372. The maximum absolute atomic E-state index is 12.8. The molecule has 0 amide bonds. The van der Waals surface area contributed by atoms with Gasteiger partial charge in [0.05, 0.1) is 17.5 Å². The maximum Gasteiger partial charge on any atom is 0.246 e. The van der Waals surface area contributed by atoms with Gasteiger partial charge in [-0.2, -0.15) is 14.7 Å². The normalized spacial score (nSPS) is 12.1. The van der Waals surface area contributed by atoms with Crippen molar-refractivity contribution in [3.63, 3.8) is 0 Å². The zero-order valence-electron chi connectivity index (χ0n) is 12.7. The van der Waals surface area contributed by atoms with E-state index < -0.39 is 10.0 Å². The maximum atomic E-state index is 12.8. The Morgan fingerprint density at radius 3 is 2.40 bits per heavy atom. The zero-order chi connectivity index (χ0) is 15.5. The predicted octanol–water partition coefficient (Wildman–Crippen LogP) is 1.60. The lowest BCUT2D eigenvalue weighted by Gasteiger charge is -2.23. The highest BCUT2D eigenvalue weighted by Crippen LogP contribution is 2.23. The molecule has 20 heavy (non-hydrogen) atoms. The molecule has 0 aromatic carbocycles. The molecule has 1 heterocycles. The summed E-state index contributed by atoms with van der Waals surface area (Å²) in [5.41, 5.74) is 1.11. The minimum Gasteiger partial charge on any atom is -0.271 e. The monoisotopic (exact) mass is 298 g/mol. The Kier molecular flexibility index (Phi) is 5.31. The number of nitrogens with zero attached hydrogens (tertiary/aromatic N) is 4. The average molecular weight is 298 g/mol. The van der Waals surface area contributed by atoms with Gasteiger partial charge in [0.2, 0.25) is 10.0 Å². The molecule has 0 spiro atoms. The fourth-order valence-electron chi connectivity index (χ4n) is 2.15. The molecule has 112 valence electrons. The van der Waals surface area contributed by atoms with Crippen molar-refractivity contribution in [2.24, 2.45) is 13.0 Å². The van der Waals surface area contributed by atoms with E-state index in [1.165, 1.54) is 4.31 Å². The van der Waals surface area contributed by atoms with Crippen molar-refractivity contribution < 1.29 is 8.42 Å². The quantitative estimate of drug-likeness (QED) is 0.799. The van der Waals surface area contributed by atoms with E-state index >= 15 is 0 Å². The number of aromatic nitrogens is 2. The van der Waals surface area contributed by atoms with E-state index in [0.29, 0.717) is 17.9 Å². The first-order valence-corrected chi connectivity index (χ1v) is 8.03. The SMILES string of the molecule is Cc1nn(C)c(C)c1S(=O)(=O)N(CCC#N)CC(C)C. The minimum absolute atomic E-state index is 0.185. The molecule has 1 aromatic heterocycles. The fraction of sp³-hybridized carbons (Fsp3) is 0.692. The second kappa shape index (κ2) is 6.37. The predicted molar refractivity (Wildman–Crippen MR) is 76.5 cm³/mol. The van der Waals surface area contributed by atoms with Crippen molar-refractivity contribution in [3.8, 4) is 6.07 Å². The molecule has 0 unspecified atom stereocenters. The van der Waals surface area contributed by atoms with Crippen LogP contribution >= 0.6 is 0 Å². The van der Waals surface area contributed by atoms with Gasteiger partial charge in [-0.1, -0.05) is 13.8 Å². The summed E-state index contributed by atoms with van der Waals surface area (Å²) in [4.78, 5) is 0.263. The largest absolute Gasteiger partial charge is 0.271 e. The first-order valence-electron chi connectivity index (χ1n) is 6.59. The van der Waals surface area contributed by atoms with Crippen LogP contribution in [0.2, 0.25) is 0 Å². The van der Waals surface area contributed by atoms with Gasteiger partial charge in [0, 0.05) is 26.6 Å². The molecule has 0 saturated carbocycles. The Morgan fingerprint density at radius 2 is 2.00 bits per heavy atom. The van der Waals surface area contributed by atoms with E-state index in [9.17, 15) is 8.42 Å². The van der Waals surface area contributed by atoms with Gasteiger partial charge in [0.25, 0.3) is 0 Å². The molecule has 0 aliphatic carbocycles. The molecule has 0 radical (unpaired) electrons. The third-order valence-corrected chi connectivity index (χ3v) is 5.20. The lowest BCUT2D eigenvalue weighted by atomic mass is 10.2. The molecule has 0 fully saturated rings. The van der Waals surface area contributed by atoms with Gasteiger partial charge < -0.3 is 0 Å². The van der Waals surface area contributed by atoms with E-state index in [2.05, 4.69) is 5.10 Å². The van der Waals surface area contributed by atoms with Gasteiger partial charge in [-0.3, -0.25) is 4.68 Å². The number of aryl methyl sites for hydroxylation is 2. The first-order chi connectivity index (χ1) is 9.21. The molecule has 1 rings (SSSR count). The first kappa shape index (κ1) is 16.7. The van der Waals surface area contributed by atoms with Gasteiger partial charge in [0.15, 0.2) is 0 Å². The van der Waals surface area contributed by atoms with Crippen LogP contribution in [0.5, 0.6) is 0 Å². The van der Waals surface area contributed by atoms with E-state index in [1.54, 1.807) is 25.6 Å². The van der Waals surface area contributed by atoms with E-state index in [4.69, 9.17) is 5.26 Å². The van der Waals surface area contributed by atoms with Crippen molar-refractivity contribution in [1.82, 2.24) is 14.1 Å². The third kappa shape index (κ3) is 3.38. The number of hydrogen-bond donors (Lipinski definition) is 0. The van der Waals surface area contributed by atoms with Crippen LogP contribution in [0.3, 0.4) is 0 Å². The lowest BCUT2D eigenvalue weighted by Crippen LogP contribution is -2.35. The molecule has 0 aliphatic rings. The van der Waals surface area contributed by atoms with Crippen LogP contribution in [0.25, 0.3) is 0 Å². The molecule has 0 saturated heterocycles. The third-order valence-electron chi connectivity index (χ3n) is 3.08. The van der Waals surface area contributed by atoms with E-state index in [0.717, 1.165) is 0 Å². The molecule has 7 heteroatoms. The highest BCUT2D eigenvalue weighted by Gasteiger charge is 2.30. The van der Waals surface area contributed by atoms with Gasteiger partial charge in [-0.15, -0.1) is 0 Å². The van der Waals surface area contributed by atoms with E-state index in [-0.39, 0.29) is 23.8 Å². The molecule has 1 aromatic rings. The van der Waals surface area contributed by atoms with Crippen molar-refractivity contribution >= 4 is 10.0 Å². The number of hydrogen-bond acceptors (Lipinski definition) is 4. The summed E-state index contributed by atoms with van der Waals surface area (Å²) in [6.45, 7) is 7.96. The highest BCUT2D eigenvalue weighted by atomic mass is 32.2. The molecule has 0 N–H and O–H groups in total. The Morgan fingerprint density at radius 1 is 1.40 bits per heavy atom. The van der Waals surface area contributed by atoms with Crippen molar-refractivity contribution in [3.05, 3.63) is 11.4 Å². The Balaban J connectivity index is 3.25. The topological polar surface area (TPSA) is 79.0 Å². The summed E-state index contributed by atoms with van der Waals surface area (Å²) in [5, 5.41) is 12.9. The van der Waals surface area contributed by atoms with Crippen LogP contribution < -0.4 is 0 Å². The summed E-state index contributed by atoms with van der Waals surface area (Å²) < 4.78 is 28.5. The van der Waals surface area contributed by atoms with Crippen molar-refractivity contribution in [2.45, 2.75) is 39.0 Å². The van der Waals surface area contributed by atoms with Crippen LogP contribution in [-0.4, -0.2) is 35.6 Å². The Labute approximate surface area is 121 Å². The van der Waals surface area contributed by atoms with Crippen molar-refractivity contribution in [1.29, 1.82) is 5.26 Å². The molecule has 6 nitrogen and oxygen atoms in total. The van der Waals surface area contributed by atoms with Crippen LogP contribution in [0.1, 0.15) is 31.7 Å². The number of rotatable bonds is 6. The molecule has 0 bridgehead atoms. The van der Waals surface area contributed by atoms with Crippen molar-refractivity contribution in [2.75, 3.05) is 13.1 Å². The smallest absolute Gasteiger partial charge is 0.246 e. The van der Waals surface area contributed by atoms with Gasteiger partial charge in [-0.25, -0.2) is 8.42 Å². The van der Waals surface area contributed by atoms with E-state index in [1.807, 2.05) is 19.9 Å². The minimum atomic E-state index is -3.61. The molecule has 0 aliphatic heterocycles. The summed E-state index contributed by atoms with van der Waals surface area (Å²) in [7, 11) is -1.88. The molecular weight excluding hydrogens is 276 g/mol. The van der Waals surface area contributed by atoms with Gasteiger partial charge in [-0.05, 0) is 19.8 Å². The molecule has 0 atom stereocenters. The highest BCUT2D eigenvalue weighted by molar-refractivity contribution is 7.89. The second-order valence-electron chi connectivity index (χ2n) is 5.29. The Hall–Kier alpha value is -1.39. The summed E-state index contributed by atoms with van der Waals surface area (Å²) >= 11 is 0. The number of nitriles is 1. The summed E-state index contributed by atoms with van der Waals surface area (Å²) in [6.07, 6.45) is 0.185. The Bertz CT molecular complexity index is 611. The number of sulfonamides is 1. The van der Waals surface area contributed by atoms with Gasteiger partial charge in [0.1, 0.15) is 4.90 Å². The molecular formula is C13H22N4O2S. The average Bonchev–Trinajstić information content (AvgIpc) is 2.58.